The van der Waals surface area contributed by atoms with E-state index in [0.29, 0.717) is 0 Å². The summed E-state index contributed by atoms with van der Waals surface area (Å²) in [6.07, 6.45) is 12.3. The van der Waals surface area contributed by atoms with Crippen molar-refractivity contribution in [1.82, 2.24) is 0 Å². The molecule has 0 saturated carbocycles. The van der Waals surface area contributed by atoms with Crippen LogP contribution in [0.15, 0.2) is 97.1 Å². The highest BCUT2D eigenvalue weighted by Gasteiger charge is 2.23. The van der Waals surface area contributed by atoms with Crippen LogP contribution < -0.4 is 43.8 Å². The second kappa shape index (κ2) is 18.7. The fourth-order valence-corrected chi connectivity index (χ4v) is 8.19. The minimum absolute atomic E-state index is 0. The van der Waals surface area contributed by atoms with Gasteiger partial charge in [-0.15, -0.1) is 0 Å². The van der Waals surface area contributed by atoms with E-state index in [2.05, 4.69) is 135 Å². The Bertz CT molecular complexity index is 1420. The van der Waals surface area contributed by atoms with Gasteiger partial charge in [-0.05, 0) is 97.9 Å². The third-order valence-electron chi connectivity index (χ3n) is 11.0. The van der Waals surface area contributed by atoms with E-state index in [-0.39, 0.29) is 34.0 Å². The number of rotatable bonds is 15. The molecule has 0 saturated heterocycles. The number of halogens is 2. The van der Waals surface area contributed by atoms with Crippen molar-refractivity contribution in [3.63, 3.8) is 0 Å². The van der Waals surface area contributed by atoms with Crippen molar-refractivity contribution in [3.05, 3.63) is 119 Å². The number of benzene rings is 4. The highest BCUT2D eigenvalue weighted by atomic mass is 79.9. The molecule has 2 heterocycles. The van der Waals surface area contributed by atoms with Crippen molar-refractivity contribution in [2.45, 2.75) is 64.2 Å². The lowest BCUT2D eigenvalue weighted by Gasteiger charge is -2.33. The summed E-state index contributed by atoms with van der Waals surface area (Å²) < 4.78 is 2.23. The maximum absolute atomic E-state index is 2.60. The van der Waals surface area contributed by atoms with E-state index in [1.54, 1.807) is 0 Å². The summed E-state index contributed by atoms with van der Waals surface area (Å²) in [6.45, 7) is 7.14. The van der Waals surface area contributed by atoms with Gasteiger partial charge in [0.15, 0.2) is 0 Å². The average molecular weight is 805 g/mol. The van der Waals surface area contributed by atoms with Crippen molar-refractivity contribution < 1.29 is 42.9 Å². The second-order valence-corrected chi connectivity index (χ2v) is 15.7. The second-order valence-electron chi connectivity index (χ2n) is 15.7. The largest absolute Gasteiger partial charge is 1.00 e. The first-order chi connectivity index (χ1) is 23.3. The maximum atomic E-state index is 2.60. The van der Waals surface area contributed by atoms with Crippen molar-refractivity contribution in [3.8, 4) is 0 Å². The lowest BCUT2D eigenvalue weighted by Crippen LogP contribution is -3.00. The Hall–Kier alpha value is -2.64. The van der Waals surface area contributed by atoms with Crippen LogP contribution in [0.2, 0.25) is 0 Å². The van der Waals surface area contributed by atoms with Gasteiger partial charge in [-0.2, -0.15) is 0 Å². The van der Waals surface area contributed by atoms with Crippen LogP contribution in [-0.4, -0.2) is 76.4 Å². The molecule has 0 N–H and O–H groups in total. The summed E-state index contributed by atoms with van der Waals surface area (Å²) in [4.78, 5) is 5.20. The normalized spacial score (nSPS) is 13.8. The third-order valence-corrected chi connectivity index (χ3v) is 11.0. The zero-order chi connectivity index (χ0) is 33.4. The number of nitrogens with zero attached hydrogens (tertiary/aromatic N) is 4. The quantitative estimate of drug-likeness (QED) is 0.135. The van der Waals surface area contributed by atoms with E-state index in [9.17, 15) is 0 Å². The zero-order valence-corrected chi connectivity index (χ0v) is 34.3. The predicted octanol–water partition coefficient (Wildman–Crippen LogP) is 3.36. The molecule has 0 fully saturated rings. The number of fused-ring (bicyclic) bond motifs is 4. The van der Waals surface area contributed by atoms with Gasteiger partial charge in [0.2, 0.25) is 0 Å². The van der Waals surface area contributed by atoms with Crippen molar-refractivity contribution in [2.24, 2.45) is 0 Å². The molecule has 0 spiro atoms. The van der Waals surface area contributed by atoms with Crippen LogP contribution in [0, 0.1) is 0 Å². The molecule has 0 aliphatic carbocycles. The van der Waals surface area contributed by atoms with Crippen molar-refractivity contribution in [2.75, 3.05) is 77.3 Å². The van der Waals surface area contributed by atoms with Gasteiger partial charge in [0.25, 0.3) is 0 Å². The Labute approximate surface area is 324 Å². The van der Waals surface area contributed by atoms with Gasteiger partial charge in [0, 0.05) is 48.7 Å². The number of quaternary nitrogens is 2. The Morgan fingerprint density at radius 1 is 0.380 bits per heavy atom. The fraction of sp³-hybridized carbons (Fsp3) is 0.455. The predicted molar refractivity (Wildman–Crippen MR) is 206 cm³/mol. The number of unbranched alkanes of at least 4 members (excludes halogenated alkanes) is 3. The Kier molecular flexibility index (Phi) is 15.0. The van der Waals surface area contributed by atoms with Crippen LogP contribution in [0.4, 0.5) is 22.7 Å². The van der Waals surface area contributed by atoms with Gasteiger partial charge >= 0.3 is 0 Å². The van der Waals surface area contributed by atoms with Crippen molar-refractivity contribution >= 4 is 22.7 Å². The SMILES string of the molecule is C[N+](C)(CCCCCC[N+](C)(C)CCCN1c2ccccc2CCc2ccccc21)CCCN1c2ccccc2CCc2ccccc21.[Br-].[Br-]. The monoisotopic (exact) mass is 802 g/mol. The first-order valence-corrected chi connectivity index (χ1v) is 18.8. The standard InChI is InChI=1S/C44H60N4.2BrH/c1-47(2,35-17-31-45-41-23-11-7-19-37(41)27-28-38-20-8-12-24-42(38)45)33-15-5-6-16-34-48(3,4)36-18-32-46-43-25-13-9-21-39(43)29-30-40-22-10-14-26-44(40)46;;/h7-14,19-26H,5-6,15-18,27-36H2,1-4H3;2*1H/q+2;;/p-2. The summed E-state index contributed by atoms with van der Waals surface area (Å²) in [5, 5.41) is 0. The lowest BCUT2D eigenvalue weighted by molar-refractivity contribution is -0.891. The molecule has 4 nitrogen and oxygen atoms in total. The molecule has 0 bridgehead atoms. The molecular formula is C44H60Br2N4. The lowest BCUT2D eigenvalue weighted by atomic mass is 10.0. The van der Waals surface area contributed by atoms with Crippen LogP contribution in [-0.2, 0) is 25.7 Å². The molecule has 0 radical (unpaired) electrons. The van der Waals surface area contributed by atoms with E-state index >= 15 is 0 Å². The van der Waals surface area contributed by atoms with E-state index in [1.165, 1.54) is 110 Å². The smallest absolute Gasteiger partial charge is 0.0799 e. The molecule has 50 heavy (non-hydrogen) atoms. The zero-order valence-electron chi connectivity index (χ0n) is 31.1. The van der Waals surface area contributed by atoms with Crippen LogP contribution in [0.5, 0.6) is 0 Å². The van der Waals surface area contributed by atoms with Crippen molar-refractivity contribution in [1.29, 1.82) is 0 Å². The first-order valence-electron chi connectivity index (χ1n) is 18.8. The van der Waals surface area contributed by atoms with E-state index in [1.807, 2.05) is 0 Å². The summed E-state index contributed by atoms with van der Waals surface area (Å²) in [7, 11) is 9.74. The van der Waals surface area contributed by atoms with Crippen LogP contribution in [0.3, 0.4) is 0 Å². The first kappa shape index (κ1) is 40.1. The van der Waals surface area contributed by atoms with Gasteiger partial charge in [-0.3, -0.25) is 0 Å². The van der Waals surface area contributed by atoms with Gasteiger partial charge in [0.1, 0.15) is 0 Å². The number of para-hydroxylation sites is 4. The molecule has 6 heteroatoms. The molecule has 270 valence electrons. The maximum Gasteiger partial charge on any atom is 0.0799 e. The molecule has 2 aliphatic heterocycles. The van der Waals surface area contributed by atoms with Crippen LogP contribution in [0.1, 0.15) is 60.8 Å². The highest BCUT2D eigenvalue weighted by Crippen LogP contribution is 2.37. The molecule has 4 aromatic rings. The van der Waals surface area contributed by atoms with Crippen LogP contribution in [0.25, 0.3) is 0 Å². The molecule has 0 unspecified atom stereocenters. The van der Waals surface area contributed by atoms with Crippen LogP contribution >= 0.6 is 0 Å². The van der Waals surface area contributed by atoms with Gasteiger partial charge in [-0.25, -0.2) is 0 Å². The Morgan fingerprint density at radius 3 is 0.940 bits per heavy atom. The summed E-state index contributed by atoms with van der Waals surface area (Å²) in [6, 6.07) is 36.2. The van der Waals surface area contributed by atoms with E-state index in [0.717, 1.165) is 47.7 Å². The van der Waals surface area contributed by atoms with E-state index < -0.39 is 0 Å². The van der Waals surface area contributed by atoms with Gasteiger partial charge in [0.05, 0.1) is 54.4 Å². The number of aryl methyl sites for hydroxylation is 4. The van der Waals surface area contributed by atoms with E-state index in [4.69, 9.17) is 0 Å². The van der Waals surface area contributed by atoms with Gasteiger partial charge < -0.3 is 52.7 Å². The number of hydrogen-bond donors (Lipinski definition) is 0. The minimum atomic E-state index is 0. The minimum Gasteiger partial charge on any atom is -1.00 e. The number of anilines is 4. The summed E-state index contributed by atoms with van der Waals surface area (Å²) in [5.74, 6) is 0. The molecule has 4 aromatic carbocycles. The Balaban J connectivity index is 0.00000281. The molecule has 2 aliphatic rings. The molecule has 0 aromatic heterocycles. The molecule has 0 atom stereocenters. The fourth-order valence-electron chi connectivity index (χ4n) is 8.19. The average Bonchev–Trinajstić information content (AvgIpc) is 3.35. The molecule has 0 amide bonds. The van der Waals surface area contributed by atoms with Gasteiger partial charge in [-0.1, -0.05) is 72.8 Å². The summed E-state index contributed by atoms with van der Waals surface area (Å²) in [5.41, 5.74) is 11.6. The molecule has 6 rings (SSSR count). The highest BCUT2D eigenvalue weighted by molar-refractivity contribution is 5.72. The topological polar surface area (TPSA) is 6.48 Å². The third kappa shape index (κ3) is 10.5. The Morgan fingerprint density at radius 2 is 0.640 bits per heavy atom. The summed E-state index contributed by atoms with van der Waals surface area (Å²) >= 11 is 0. The number of hydrogen-bond acceptors (Lipinski definition) is 2. The molecular weight excluding hydrogens is 744 g/mol.